The molecule has 0 radical (unpaired) electrons. The molecule has 0 aromatic heterocycles. The van der Waals surface area contributed by atoms with Crippen LogP contribution in [0.3, 0.4) is 0 Å². The molecular weight excluding hydrogens is 241 g/mol. The molecule has 1 unspecified atom stereocenters. The zero-order valence-electron chi connectivity index (χ0n) is 11.2. The van der Waals surface area contributed by atoms with Crippen LogP contribution in [0.1, 0.15) is 29.7 Å². The van der Waals surface area contributed by atoms with Crippen LogP contribution in [0.4, 0.5) is 4.39 Å². The van der Waals surface area contributed by atoms with Crippen LogP contribution in [0.15, 0.2) is 42.5 Å². The van der Waals surface area contributed by atoms with Crippen molar-refractivity contribution in [3.05, 3.63) is 65.0 Å². The number of aryl methyl sites for hydroxylation is 1. The molecule has 2 nitrogen and oxygen atoms in total. The van der Waals surface area contributed by atoms with E-state index in [2.05, 4.69) is 0 Å². The van der Waals surface area contributed by atoms with Gasteiger partial charge in [0.05, 0.1) is 0 Å². The lowest BCUT2D eigenvalue weighted by molar-refractivity contribution is 0.305. The molecule has 0 aliphatic carbocycles. The fraction of sp³-hybridized carbons (Fsp3) is 0.250. The van der Waals surface area contributed by atoms with E-state index < -0.39 is 0 Å². The van der Waals surface area contributed by atoms with Crippen molar-refractivity contribution in [3.63, 3.8) is 0 Å². The summed E-state index contributed by atoms with van der Waals surface area (Å²) in [5.74, 6) is 0.565. The Labute approximate surface area is 113 Å². The van der Waals surface area contributed by atoms with Gasteiger partial charge in [-0.05, 0) is 54.8 Å². The van der Waals surface area contributed by atoms with Crippen molar-refractivity contribution in [2.24, 2.45) is 5.73 Å². The van der Waals surface area contributed by atoms with Crippen LogP contribution < -0.4 is 10.5 Å². The Balaban J connectivity index is 2.02. The molecule has 0 saturated carbocycles. The molecule has 0 spiro atoms. The van der Waals surface area contributed by atoms with E-state index >= 15 is 0 Å². The van der Waals surface area contributed by atoms with Crippen molar-refractivity contribution >= 4 is 0 Å². The fourth-order valence-corrected chi connectivity index (χ4v) is 1.85. The van der Waals surface area contributed by atoms with Gasteiger partial charge in [-0.3, -0.25) is 0 Å². The Bertz CT molecular complexity index is 549. The minimum Gasteiger partial charge on any atom is -0.489 e. The van der Waals surface area contributed by atoms with Gasteiger partial charge in [0.2, 0.25) is 0 Å². The normalized spacial score (nSPS) is 12.2. The zero-order chi connectivity index (χ0) is 13.8. The fourth-order valence-electron chi connectivity index (χ4n) is 1.85. The van der Waals surface area contributed by atoms with E-state index in [4.69, 9.17) is 10.5 Å². The van der Waals surface area contributed by atoms with Crippen LogP contribution in [-0.2, 0) is 6.61 Å². The van der Waals surface area contributed by atoms with Gasteiger partial charge in [0.15, 0.2) is 0 Å². The predicted molar refractivity (Wildman–Crippen MR) is 74.5 cm³/mol. The van der Waals surface area contributed by atoms with Crippen molar-refractivity contribution in [2.75, 3.05) is 0 Å². The molecule has 0 heterocycles. The number of hydrogen-bond acceptors (Lipinski definition) is 2. The maximum atomic E-state index is 13.0. The lowest BCUT2D eigenvalue weighted by Gasteiger charge is -2.10. The molecule has 19 heavy (non-hydrogen) atoms. The first-order valence-electron chi connectivity index (χ1n) is 6.29. The summed E-state index contributed by atoms with van der Waals surface area (Å²) in [6.07, 6.45) is 0. The van der Waals surface area contributed by atoms with E-state index in [0.717, 1.165) is 22.4 Å². The predicted octanol–water partition coefficient (Wildman–Crippen LogP) is 3.73. The minimum absolute atomic E-state index is 0.0217. The monoisotopic (exact) mass is 259 g/mol. The lowest BCUT2D eigenvalue weighted by Crippen LogP contribution is -2.04. The van der Waals surface area contributed by atoms with Crippen LogP contribution >= 0.6 is 0 Å². The SMILES string of the molecule is Cc1cc(F)ccc1COc1ccc(C(C)N)cc1. The second-order valence-corrected chi connectivity index (χ2v) is 4.72. The maximum absolute atomic E-state index is 13.0. The van der Waals surface area contributed by atoms with Crippen LogP contribution in [-0.4, -0.2) is 0 Å². The first kappa shape index (κ1) is 13.6. The van der Waals surface area contributed by atoms with Crippen molar-refractivity contribution in [1.82, 2.24) is 0 Å². The molecule has 100 valence electrons. The standard InChI is InChI=1S/C16H18FNO/c1-11-9-15(17)6-3-14(11)10-19-16-7-4-13(5-8-16)12(2)18/h3-9,12H,10,18H2,1-2H3. The second-order valence-electron chi connectivity index (χ2n) is 4.72. The first-order chi connectivity index (χ1) is 9.06. The summed E-state index contributed by atoms with van der Waals surface area (Å²) in [5.41, 5.74) is 8.74. The maximum Gasteiger partial charge on any atom is 0.123 e. The highest BCUT2D eigenvalue weighted by Crippen LogP contribution is 2.18. The Morgan fingerprint density at radius 1 is 1.16 bits per heavy atom. The Hall–Kier alpha value is -1.87. The number of benzene rings is 2. The second kappa shape index (κ2) is 5.85. The van der Waals surface area contributed by atoms with Crippen molar-refractivity contribution in [3.8, 4) is 5.75 Å². The Morgan fingerprint density at radius 3 is 2.42 bits per heavy atom. The number of hydrogen-bond donors (Lipinski definition) is 1. The van der Waals surface area contributed by atoms with E-state index in [1.807, 2.05) is 38.1 Å². The van der Waals surface area contributed by atoms with Gasteiger partial charge < -0.3 is 10.5 Å². The lowest BCUT2D eigenvalue weighted by atomic mass is 10.1. The number of rotatable bonds is 4. The average Bonchev–Trinajstić information content (AvgIpc) is 2.38. The molecule has 2 aromatic rings. The van der Waals surface area contributed by atoms with Gasteiger partial charge in [-0.15, -0.1) is 0 Å². The molecule has 2 aromatic carbocycles. The molecule has 3 heteroatoms. The smallest absolute Gasteiger partial charge is 0.123 e. The average molecular weight is 259 g/mol. The van der Waals surface area contributed by atoms with Crippen LogP contribution in [0.5, 0.6) is 5.75 Å². The summed E-state index contributed by atoms with van der Waals surface area (Å²) in [4.78, 5) is 0. The van der Waals surface area contributed by atoms with E-state index in [9.17, 15) is 4.39 Å². The van der Waals surface area contributed by atoms with Crippen LogP contribution in [0.2, 0.25) is 0 Å². The third-order valence-electron chi connectivity index (χ3n) is 3.10. The molecule has 1 atom stereocenters. The molecular formula is C16H18FNO. The van der Waals surface area contributed by atoms with Gasteiger partial charge in [0, 0.05) is 6.04 Å². The summed E-state index contributed by atoms with van der Waals surface area (Å²) in [6, 6.07) is 12.4. The summed E-state index contributed by atoms with van der Waals surface area (Å²) >= 11 is 0. The summed E-state index contributed by atoms with van der Waals surface area (Å²) in [5, 5.41) is 0. The van der Waals surface area contributed by atoms with Gasteiger partial charge in [-0.1, -0.05) is 18.2 Å². The van der Waals surface area contributed by atoms with Gasteiger partial charge in [0.1, 0.15) is 18.2 Å². The number of ether oxygens (including phenoxy) is 1. The molecule has 0 fully saturated rings. The van der Waals surface area contributed by atoms with Gasteiger partial charge in [-0.2, -0.15) is 0 Å². The van der Waals surface area contributed by atoms with Crippen molar-refractivity contribution in [1.29, 1.82) is 0 Å². The van der Waals surface area contributed by atoms with E-state index in [1.54, 1.807) is 6.07 Å². The van der Waals surface area contributed by atoms with Gasteiger partial charge >= 0.3 is 0 Å². The van der Waals surface area contributed by atoms with Crippen molar-refractivity contribution in [2.45, 2.75) is 26.5 Å². The first-order valence-corrected chi connectivity index (χ1v) is 6.29. The number of halogens is 1. The van der Waals surface area contributed by atoms with Gasteiger partial charge in [0.25, 0.3) is 0 Å². The van der Waals surface area contributed by atoms with Crippen LogP contribution in [0.25, 0.3) is 0 Å². The van der Waals surface area contributed by atoms with E-state index in [0.29, 0.717) is 6.61 Å². The van der Waals surface area contributed by atoms with Crippen LogP contribution in [0, 0.1) is 12.7 Å². The largest absolute Gasteiger partial charge is 0.489 e. The minimum atomic E-state index is -0.220. The Kier molecular flexibility index (Phi) is 4.17. The number of nitrogens with two attached hydrogens (primary N) is 1. The summed E-state index contributed by atoms with van der Waals surface area (Å²) in [6.45, 7) is 4.25. The van der Waals surface area contributed by atoms with E-state index in [1.165, 1.54) is 12.1 Å². The molecule has 2 N–H and O–H groups in total. The third kappa shape index (κ3) is 3.55. The zero-order valence-corrected chi connectivity index (χ0v) is 11.2. The van der Waals surface area contributed by atoms with E-state index in [-0.39, 0.29) is 11.9 Å². The topological polar surface area (TPSA) is 35.2 Å². The van der Waals surface area contributed by atoms with Gasteiger partial charge in [-0.25, -0.2) is 4.39 Å². The third-order valence-corrected chi connectivity index (χ3v) is 3.10. The molecule has 0 bridgehead atoms. The van der Waals surface area contributed by atoms with Crippen molar-refractivity contribution < 1.29 is 9.13 Å². The highest BCUT2D eigenvalue weighted by atomic mass is 19.1. The molecule has 2 rings (SSSR count). The summed E-state index contributed by atoms with van der Waals surface area (Å²) in [7, 11) is 0. The summed E-state index contributed by atoms with van der Waals surface area (Å²) < 4.78 is 18.7. The molecule has 0 saturated heterocycles. The highest BCUT2D eigenvalue weighted by molar-refractivity contribution is 5.30. The molecule has 0 amide bonds. The highest BCUT2D eigenvalue weighted by Gasteiger charge is 2.03. The molecule has 0 aliphatic rings. The Morgan fingerprint density at radius 2 is 1.84 bits per heavy atom. The molecule has 0 aliphatic heterocycles. The quantitative estimate of drug-likeness (QED) is 0.908.